The minimum absolute atomic E-state index is 0.105. The SMILES string of the molecule is O=C(NCc1ccco1)C(=O)[C@@H]1C(=O)Nc2ccccc21. The molecule has 1 aliphatic heterocycles. The van der Waals surface area contributed by atoms with E-state index in [0.717, 1.165) is 0 Å². The van der Waals surface area contributed by atoms with Gasteiger partial charge in [-0.25, -0.2) is 0 Å². The smallest absolute Gasteiger partial charge is 0.288 e. The van der Waals surface area contributed by atoms with Crippen LogP contribution in [0, 0.1) is 0 Å². The van der Waals surface area contributed by atoms with Gasteiger partial charge in [0.05, 0.1) is 12.8 Å². The molecule has 0 saturated carbocycles. The number of rotatable bonds is 4. The van der Waals surface area contributed by atoms with Crippen molar-refractivity contribution in [3.63, 3.8) is 0 Å². The second kappa shape index (κ2) is 5.24. The van der Waals surface area contributed by atoms with Gasteiger partial charge in [-0.1, -0.05) is 18.2 Å². The Hall–Kier alpha value is -2.89. The summed E-state index contributed by atoms with van der Waals surface area (Å²) >= 11 is 0. The number of hydrogen-bond donors (Lipinski definition) is 2. The molecule has 0 bridgehead atoms. The summed E-state index contributed by atoms with van der Waals surface area (Å²) in [6, 6.07) is 10.2. The summed E-state index contributed by atoms with van der Waals surface area (Å²) in [5.74, 6) is -2.60. The van der Waals surface area contributed by atoms with Crippen LogP contribution >= 0.6 is 0 Å². The number of hydrogen-bond acceptors (Lipinski definition) is 4. The first-order valence-corrected chi connectivity index (χ1v) is 6.41. The van der Waals surface area contributed by atoms with Crippen molar-refractivity contribution in [1.82, 2.24) is 5.32 Å². The number of carbonyl (C=O) groups excluding carboxylic acids is 3. The molecule has 2 N–H and O–H groups in total. The Morgan fingerprint density at radius 2 is 2.00 bits per heavy atom. The summed E-state index contributed by atoms with van der Waals surface area (Å²) in [4.78, 5) is 36.0. The van der Waals surface area contributed by atoms with E-state index in [1.165, 1.54) is 6.26 Å². The lowest BCUT2D eigenvalue weighted by Crippen LogP contribution is -2.36. The molecule has 6 heteroatoms. The Labute approximate surface area is 120 Å². The molecule has 2 heterocycles. The normalized spacial score (nSPS) is 16.2. The van der Waals surface area contributed by atoms with Crippen molar-refractivity contribution < 1.29 is 18.8 Å². The molecule has 0 fully saturated rings. The first-order chi connectivity index (χ1) is 10.2. The molecule has 2 amide bonds. The molecular weight excluding hydrogens is 272 g/mol. The van der Waals surface area contributed by atoms with Gasteiger partial charge in [0.1, 0.15) is 11.7 Å². The molecule has 0 saturated heterocycles. The van der Waals surface area contributed by atoms with Gasteiger partial charge in [0.15, 0.2) is 0 Å². The van der Waals surface area contributed by atoms with Gasteiger partial charge in [-0.15, -0.1) is 0 Å². The number of furan rings is 1. The molecule has 21 heavy (non-hydrogen) atoms. The molecule has 106 valence electrons. The van der Waals surface area contributed by atoms with Crippen LogP contribution in [0.2, 0.25) is 0 Å². The maximum Gasteiger partial charge on any atom is 0.288 e. The zero-order valence-corrected chi connectivity index (χ0v) is 11.0. The summed E-state index contributed by atoms with van der Waals surface area (Å²) < 4.78 is 5.06. The minimum atomic E-state index is -1.09. The lowest BCUT2D eigenvalue weighted by molar-refractivity contribution is -0.140. The van der Waals surface area contributed by atoms with E-state index in [9.17, 15) is 14.4 Å². The maximum absolute atomic E-state index is 12.2. The Kier molecular flexibility index (Phi) is 3.27. The highest BCUT2D eigenvalue weighted by Crippen LogP contribution is 2.32. The van der Waals surface area contributed by atoms with Crippen molar-refractivity contribution in [3.05, 3.63) is 54.0 Å². The molecule has 2 aromatic rings. The fourth-order valence-electron chi connectivity index (χ4n) is 2.27. The standard InChI is InChI=1S/C15H12N2O4/c18-13(15(20)16-8-9-4-3-7-21-9)12-10-5-1-2-6-11(10)17-14(12)19/h1-7,12H,8H2,(H,16,20)(H,17,19)/t12-/m1/s1. The summed E-state index contributed by atoms with van der Waals surface area (Å²) in [6.45, 7) is 0.105. The van der Waals surface area contributed by atoms with E-state index in [1.54, 1.807) is 36.4 Å². The summed E-state index contributed by atoms with van der Waals surface area (Å²) in [5, 5.41) is 5.05. The van der Waals surface area contributed by atoms with Crippen LogP contribution in [0.25, 0.3) is 0 Å². The largest absolute Gasteiger partial charge is 0.467 e. The highest BCUT2D eigenvalue weighted by molar-refractivity contribution is 6.44. The maximum atomic E-state index is 12.2. The average Bonchev–Trinajstić information content (AvgIpc) is 3.10. The molecule has 3 rings (SSSR count). The Balaban J connectivity index is 1.73. The number of nitrogens with one attached hydrogen (secondary N) is 2. The van der Waals surface area contributed by atoms with Gasteiger partial charge in [0.2, 0.25) is 11.7 Å². The van der Waals surface area contributed by atoms with Crippen molar-refractivity contribution in [2.45, 2.75) is 12.5 Å². The zero-order valence-electron chi connectivity index (χ0n) is 11.0. The summed E-state index contributed by atoms with van der Waals surface area (Å²) in [7, 11) is 0. The fourth-order valence-corrected chi connectivity index (χ4v) is 2.27. The second-order valence-corrected chi connectivity index (χ2v) is 4.64. The van der Waals surface area contributed by atoms with Gasteiger partial charge < -0.3 is 15.1 Å². The monoisotopic (exact) mass is 284 g/mol. The van der Waals surface area contributed by atoms with Gasteiger partial charge in [-0.05, 0) is 23.8 Å². The molecule has 1 aromatic carbocycles. The van der Waals surface area contributed by atoms with Gasteiger partial charge in [-0.2, -0.15) is 0 Å². The van der Waals surface area contributed by atoms with E-state index in [2.05, 4.69) is 10.6 Å². The van der Waals surface area contributed by atoms with Crippen molar-refractivity contribution in [1.29, 1.82) is 0 Å². The third kappa shape index (κ3) is 2.43. The Bertz CT molecular complexity index is 706. The molecule has 6 nitrogen and oxygen atoms in total. The van der Waals surface area contributed by atoms with E-state index in [-0.39, 0.29) is 6.54 Å². The number of anilines is 1. The van der Waals surface area contributed by atoms with Crippen LogP contribution in [0.1, 0.15) is 17.2 Å². The number of amides is 2. The number of Topliss-reactive ketones (excluding diaryl/α,β-unsaturated/α-hetero) is 1. The first-order valence-electron chi connectivity index (χ1n) is 6.41. The molecule has 0 spiro atoms. The lowest BCUT2D eigenvalue weighted by Gasteiger charge is -2.07. The number of fused-ring (bicyclic) bond motifs is 1. The average molecular weight is 284 g/mol. The summed E-state index contributed by atoms with van der Waals surface area (Å²) in [6.07, 6.45) is 1.48. The van der Waals surface area contributed by atoms with Crippen LogP contribution in [0.15, 0.2) is 47.1 Å². The van der Waals surface area contributed by atoms with E-state index < -0.39 is 23.5 Å². The van der Waals surface area contributed by atoms with E-state index >= 15 is 0 Å². The third-order valence-electron chi connectivity index (χ3n) is 3.28. The second-order valence-electron chi connectivity index (χ2n) is 4.64. The molecule has 1 atom stereocenters. The van der Waals surface area contributed by atoms with Crippen LogP contribution in [0.3, 0.4) is 0 Å². The number of carbonyl (C=O) groups is 3. The first kappa shape index (κ1) is 13.1. The zero-order chi connectivity index (χ0) is 14.8. The van der Waals surface area contributed by atoms with Crippen LogP contribution in [0.4, 0.5) is 5.69 Å². The van der Waals surface area contributed by atoms with Gasteiger partial charge >= 0.3 is 0 Å². The predicted octanol–water partition coefficient (Wildman–Crippen LogP) is 1.20. The molecular formula is C15H12N2O4. The van der Waals surface area contributed by atoms with Crippen molar-refractivity contribution in [2.24, 2.45) is 0 Å². The van der Waals surface area contributed by atoms with E-state index in [1.807, 2.05) is 0 Å². The van der Waals surface area contributed by atoms with Crippen molar-refractivity contribution in [3.8, 4) is 0 Å². The fraction of sp³-hybridized carbons (Fsp3) is 0.133. The predicted molar refractivity (Wildman–Crippen MR) is 73.4 cm³/mol. The van der Waals surface area contributed by atoms with Crippen LogP contribution in [0.5, 0.6) is 0 Å². The van der Waals surface area contributed by atoms with Crippen molar-refractivity contribution >= 4 is 23.3 Å². The molecule has 1 aliphatic rings. The number of benzene rings is 1. The van der Waals surface area contributed by atoms with Crippen LogP contribution < -0.4 is 10.6 Å². The van der Waals surface area contributed by atoms with E-state index in [4.69, 9.17) is 4.42 Å². The molecule has 0 unspecified atom stereocenters. The highest BCUT2D eigenvalue weighted by Gasteiger charge is 2.39. The van der Waals surface area contributed by atoms with Crippen molar-refractivity contribution in [2.75, 3.05) is 5.32 Å². The number of para-hydroxylation sites is 1. The molecule has 1 aromatic heterocycles. The van der Waals surface area contributed by atoms with Gasteiger partial charge in [-0.3, -0.25) is 14.4 Å². The summed E-state index contributed by atoms with van der Waals surface area (Å²) in [5.41, 5.74) is 1.10. The highest BCUT2D eigenvalue weighted by atomic mass is 16.3. The van der Waals surface area contributed by atoms with Gasteiger partial charge in [0.25, 0.3) is 5.91 Å². The van der Waals surface area contributed by atoms with Gasteiger partial charge in [0, 0.05) is 5.69 Å². The lowest BCUT2D eigenvalue weighted by atomic mass is 9.95. The van der Waals surface area contributed by atoms with E-state index in [0.29, 0.717) is 17.0 Å². The quantitative estimate of drug-likeness (QED) is 0.652. The van der Waals surface area contributed by atoms with Crippen LogP contribution in [-0.2, 0) is 20.9 Å². The Morgan fingerprint density at radius 3 is 2.76 bits per heavy atom. The molecule has 0 aliphatic carbocycles. The minimum Gasteiger partial charge on any atom is -0.467 e. The van der Waals surface area contributed by atoms with Crippen LogP contribution in [-0.4, -0.2) is 17.6 Å². The third-order valence-corrected chi connectivity index (χ3v) is 3.28. The Morgan fingerprint density at radius 1 is 1.19 bits per heavy atom. The molecule has 0 radical (unpaired) electrons. The topological polar surface area (TPSA) is 88.4 Å². The number of ketones is 1.